The lowest BCUT2D eigenvalue weighted by molar-refractivity contribution is -0.288. The molecule has 0 bridgehead atoms. The zero-order valence-electron chi connectivity index (χ0n) is 24.5. The average molecular weight is 612 g/mol. The van der Waals surface area contributed by atoms with E-state index in [0.29, 0.717) is 19.6 Å². The van der Waals surface area contributed by atoms with Crippen LogP contribution in [0.4, 0.5) is 0 Å². The van der Waals surface area contributed by atoms with E-state index in [1.54, 1.807) is 0 Å². The van der Waals surface area contributed by atoms with Gasteiger partial charge in [0, 0.05) is 53.4 Å². The molecule has 1 N–H and O–H groups in total. The van der Waals surface area contributed by atoms with Crippen LogP contribution in [0.1, 0.15) is 44.5 Å². The summed E-state index contributed by atoms with van der Waals surface area (Å²) in [6.45, 7) is 7.88. The molecule has 2 heterocycles. The number of hydrogen-bond acceptors (Lipinski definition) is 15. The third-order valence-corrected chi connectivity index (χ3v) is 6.35. The predicted molar refractivity (Wildman–Crippen MR) is 143 cm³/mol. The number of carbonyl (C=O) groups excluding carboxylic acids is 5. The average Bonchev–Trinajstić information content (AvgIpc) is 2.93. The molecule has 0 spiro atoms. The van der Waals surface area contributed by atoms with Crippen LogP contribution in [-0.2, 0) is 52.3 Å². The van der Waals surface area contributed by atoms with Crippen LogP contribution in [0.2, 0.25) is 0 Å². The molecular weight excluding hydrogens is 574 g/mol. The smallest absolute Gasteiger partial charge is 0.341 e. The second-order valence-electron chi connectivity index (χ2n) is 9.81. The first-order valence-electron chi connectivity index (χ1n) is 13.7. The van der Waals surface area contributed by atoms with E-state index in [9.17, 15) is 29.1 Å². The number of benzene rings is 1. The summed E-state index contributed by atoms with van der Waals surface area (Å²) in [5.74, 6) is -4.25. The Hall–Kier alpha value is -3.95. The molecule has 2 aliphatic rings. The van der Waals surface area contributed by atoms with Gasteiger partial charge in [-0.1, -0.05) is 0 Å². The van der Waals surface area contributed by atoms with Gasteiger partial charge in [0.05, 0.1) is 19.8 Å². The fraction of sp³-hybridized carbons (Fsp3) is 0.607. The maximum Gasteiger partial charge on any atom is 0.341 e. The summed E-state index contributed by atoms with van der Waals surface area (Å²) in [7, 11) is 0. The predicted octanol–water partition coefficient (Wildman–Crippen LogP) is 0.733. The minimum absolute atomic E-state index is 0.0257. The van der Waals surface area contributed by atoms with Crippen molar-refractivity contribution in [3.63, 3.8) is 0 Å². The largest absolute Gasteiger partial charge is 0.507 e. The molecule has 2 fully saturated rings. The standard InChI is InChI=1S/C28H37NO14/c1-16(30)38-15-23-24(39-17(2)31)25(40-18(3)32)26(41-19(4)33)28(43-23)42-20-6-7-21(22(34)14-20)27(35)37-11-5-8-29-9-12-36-13-10-29/h6-7,14,23-26,28,34H,5,8-13,15H2,1-4H3. The molecular formula is C28H37NO14. The first kappa shape index (κ1) is 33.6. The summed E-state index contributed by atoms with van der Waals surface area (Å²) in [6, 6.07) is 3.75. The highest BCUT2D eigenvalue weighted by molar-refractivity contribution is 5.92. The normalized spacial score (nSPS) is 23.9. The minimum Gasteiger partial charge on any atom is -0.507 e. The quantitative estimate of drug-likeness (QED) is 0.198. The van der Waals surface area contributed by atoms with Crippen molar-refractivity contribution in [3.05, 3.63) is 23.8 Å². The van der Waals surface area contributed by atoms with Crippen LogP contribution in [0.3, 0.4) is 0 Å². The molecule has 0 aliphatic carbocycles. The SMILES string of the molecule is CC(=O)OCC1OC(Oc2ccc(C(=O)OCCCN3CCOCC3)c(O)c2)C(OC(C)=O)C(OC(C)=O)C1OC(C)=O. The van der Waals surface area contributed by atoms with Gasteiger partial charge in [0.25, 0.3) is 0 Å². The van der Waals surface area contributed by atoms with Crippen LogP contribution in [0.5, 0.6) is 11.5 Å². The molecule has 1 aromatic rings. The van der Waals surface area contributed by atoms with Gasteiger partial charge >= 0.3 is 29.8 Å². The molecule has 2 saturated heterocycles. The number of hydrogen-bond donors (Lipinski definition) is 1. The molecule has 5 atom stereocenters. The van der Waals surface area contributed by atoms with Crippen molar-refractivity contribution in [2.45, 2.75) is 64.8 Å². The molecule has 0 radical (unpaired) electrons. The number of carbonyl (C=O) groups is 5. The lowest BCUT2D eigenvalue weighted by Crippen LogP contribution is -2.63. The number of aromatic hydroxyl groups is 1. The van der Waals surface area contributed by atoms with Crippen molar-refractivity contribution in [2.75, 3.05) is 46.1 Å². The summed E-state index contributed by atoms with van der Waals surface area (Å²) in [4.78, 5) is 62.1. The van der Waals surface area contributed by atoms with Gasteiger partial charge in [0.2, 0.25) is 12.4 Å². The highest BCUT2D eigenvalue weighted by Crippen LogP contribution is 2.32. The lowest BCUT2D eigenvalue weighted by atomic mass is 9.98. The zero-order valence-corrected chi connectivity index (χ0v) is 24.5. The van der Waals surface area contributed by atoms with Gasteiger partial charge in [-0.3, -0.25) is 24.1 Å². The van der Waals surface area contributed by atoms with Gasteiger partial charge in [-0.2, -0.15) is 0 Å². The second-order valence-corrected chi connectivity index (χ2v) is 9.81. The Morgan fingerprint density at radius 3 is 2.09 bits per heavy atom. The summed E-state index contributed by atoms with van der Waals surface area (Å²) in [5.41, 5.74) is -0.111. The van der Waals surface area contributed by atoms with E-state index in [1.165, 1.54) is 12.1 Å². The summed E-state index contributed by atoms with van der Waals surface area (Å²) >= 11 is 0. The van der Waals surface area contributed by atoms with Gasteiger partial charge in [-0.15, -0.1) is 0 Å². The molecule has 0 amide bonds. The first-order valence-corrected chi connectivity index (χ1v) is 13.7. The minimum atomic E-state index is -1.50. The van der Waals surface area contributed by atoms with Gasteiger partial charge < -0.3 is 43.0 Å². The summed E-state index contributed by atoms with van der Waals surface area (Å²) < 4.78 is 43.4. The van der Waals surface area contributed by atoms with Crippen molar-refractivity contribution in [1.29, 1.82) is 0 Å². The highest BCUT2D eigenvalue weighted by Gasteiger charge is 2.53. The third-order valence-electron chi connectivity index (χ3n) is 6.35. The van der Waals surface area contributed by atoms with E-state index >= 15 is 0 Å². The van der Waals surface area contributed by atoms with E-state index in [0.717, 1.165) is 53.4 Å². The van der Waals surface area contributed by atoms with Gasteiger partial charge in [-0.05, 0) is 18.6 Å². The van der Waals surface area contributed by atoms with E-state index < -0.39 is 72.9 Å². The summed E-state index contributed by atoms with van der Waals surface area (Å²) in [5, 5.41) is 10.6. The Bertz CT molecular complexity index is 1150. The van der Waals surface area contributed by atoms with E-state index in [4.69, 9.17) is 37.9 Å². The van der Waals surface area contributed by atoms with Crippen LogP contribution in [0, 0.1) is 0 Å². The molecule has 2 aliphatic heterocycles. The van der Waals surface area contributed by atoms with Crippen LogP contribution in [0.25, 0.3) is 0 Å². The van der Waals surface area contributed by atoms with Crippen molar-refractivity contribution in [1.82, 2.24) is 4.90 Å². The Morgan fingerprint density at radius 2 is 1.49 bits per heavy atom. The monoisotopic (exact) mass is 611 g/mol. The van der Waals surface area contributed by atoms with Gasteiger partial charge in [0.15, 0.2) is 12.2 Å². The lowest BCUT2D eigenvalue weighted by Gasteiger charge is -2.43. The van der Waals surface area contributed by atoms with Crippen LogP contribution in [-0.4, -0.2) is 117 Å². The number of rotatable bonds is 12. The molecule has 3 rings (SSSR count). The number of phenols is 1. The fourth-order valence-corrected chi connectivity index (χ4v) is 4.53. The van der Waals surface area contributed by atoms with E-state index in [-0.39, 0.29) is 17.9 Å². The van der Waals surface area contributed by atoms with Crippen molar-refractivity contribution in [2.24, 2.45) is 0 Å². The Balaban J connectivity index is 1.76. The molecule has 43 heavy (non-hydrogen) atoms. The van der Waals surface area contributed by atoms with E-state index in [2.05, 4.69) is 4.90 Å². The number of nitrogens with zero attached hydrogens (tertiary/aromatic N) is 1. The Kier molecular flexibility index (Phi) is 12.5. The second kappa shape index (κ2) is 16.0. The van der Waals surface area contributed by atoms with Crippen molar-refractivity contribution < 1.29 is 67.0 Å². The maximum atomic E-state index is 12.6. The molecule has 15 heteroatoms. The van der Waals surface area contributed by atoms with Crippen molar-refractivity contribution in [3.8, 4) is 11.5 Å². The topological polar surface area (TPSA) is 183 Å². The number of esters is 5. The van der Waals surface area contributed by atoms with E-state index in [1.807, 2.05) is 0 Å². The van der Waals surface area contributed by atoms with Gasteiger partial charge in [-0.25, -0.2) is 4.79 Å². The molecule has 15 nitrogen and oxygen atoms in total. The third kappa shape index (κ3) is 10.4. The van der Waals surface area contributed by atoms with Crippen LogP contribution in [0.15, 0.2) is 18.2 Å². The molecule has 0 aromatic heterocycles. The zero-order chi connectivity index (χ0) is 31.5. The molecule has 1 aromatic carbocycles. The van der Waals surface area contributed by atoms with Gasteiger partial charge in [0.1, 0.15) is 29.8 Å². The Labute approximate surface area is 248 Å². The molecule has 0 saturated carbocycles. The Morgan fingerprint density at radius 1 is 0.860 bits per heavy atom. The molecule has 238 valence electrons. The number of morpholine rings is 1. The van der Waals surface area contributed by atoms with Crippen LogP contribution < -0.4 is 4.74 Å². The molecule has 5 unspecified atom stereocenters. The number of phenolic OH excluding ortho intramolecular Hbond substituents is 1. The number of ether oxygens (including phenoxy) is 8. The highest BCUT2D eigenvalue weighted by atomic mass is 16.7. The van der Waals surface area contributed by atoms with Crippen molar-refractivity contribution >= 4 is 29.8 Å². The first-order chi connectivity index (χ1) is 20.4. The van der Waals surface area contributed by atoms with Crippen LogP contribution >= 0.6 is 0 Å². The maximum absolute atomic E-state index is 12.6. The fourth-order valence-electron chi connectivity index (χ4n) is 4.53. The summed E-state index contributed by atoms with van der Waals surface area (Å²) in [6.07, 6.45) is -6.34.